The van der Waals surface area contributed by atoms with E-state index in [2.05, 4.69) is 4.98 Å². The van der Waals surface area contributed by atoms with Crippen molar-refractivity contribution >= 4 is 31.1 Å². The van der Waals surface area contributed by atoms with Crippen LogP contribution in [0.5, 0.6) is 0 Å². The van der Waals surface area contributed by atoms with Crippen molar-refractivity contribution in [2.75, 3.05) is 0 Å². The minimum Gasteiger partial charge on any atom is -0.744 e. The molecule has 0 atom stereocenters. The predicted octanol–water partition coefficient (Wildman–Crippen LogP) is -5.95. The van der Waals surface area contributed by atoms with E-state index in [0.29, 0.717) is 0 Å². The molecule has 0 saturated carbocycles. The molecular formula is C9H5Li2NO6S2. The number of benzene rings is 1. The van der Waals surface area contributed by atoms with Crippen LogP contribution in [-0.2, 0) is 20.2 Å². The summed E-state index contributed by atoms with van der Waals surface area (Å²) in [6, 6.07) is 4.10. The molecule has 1 heterocycles. The minimum absolute atomic E-state index is 0. The molecule has 0 fully saturated rings. The van der Waals surface area contributed by atoms with Gasteiger partial charge in [-0.3, -0.25) is 4.98 Å². The molecule has 0 unspecified atom stereocenters. The van der Waals surface area contributed by atoms with Crippen molar-refractivity contribution < 1.29 is 63.7 Å². The number of hydrogen-bond donors (Lipinski definition) is 0. The van der Waals surface area contributed by atoms with Crippen LogP contribution < -0.4 is 37.7 Å². The van der Waals surface area contributed by atoms with E-state index >= 15 is 0 Å². The van der Waals surface area contributed by atoms with Crippen molar-refractivity contribution in [2.45, 2.75) is 9.79 Å². The number of hydrogen-bond acceptors (Lipinski definition) is 7. The van der Waals surface area contributed by atoms with Crippen LogP contribution in [0.15, 0.2) is 40.3 Å². The molecule has 0 N–H and O–H groups in total. The van der Waals surface area contributed by atoms with Crippen LogP contribution in [-0.4, -0.2) is 30.9 Å². The van der Waals surface area contributed by atoms with E-state index in [-0.39, 0.29) is 48.6 Å². The number of pyridine rings is 1. The average Bonchev–Trinajstić information content (AvgIpc) is 2.24. The smallest absolute Gasteiger partial charge is 0.744 e. The Morgan fingerprint density at radius 3 is 1.85 bits per heavy atom. The second-order valence-corrected chi connectivity index (χ2v) is 6.07. The summed E-state index contributed by atoms with van der Waals surface area (Å²) in [5.74, 6) is 0. The monoisotopic (exact) mass is 301 g/mol. The normalized spacial score (nSPS) is 11.5. The summed E-state index contributed by atoms with van der Waals surface area (Å²) in [6.07, 6.45) is 1.19. The van der Waals surface area contributed by atoms with Gasteiger partial charge in [0, 0.05) is 11.6 Å². The maximum atomic E-state index is 11.0. The molecule has 0 saturated heterocycles. The second kappa shape index (κ2) is 6.61. The van der Waals surface area contributed by atoms with Gasteiger partial charge in [-0.15, -0.1) is 0 Å². The Bertz CT molecular complexity index is 764. The van der Waals surface area contributed by atoms with Gasteiger partial charge in [0.25, 0.3) is 0 Å². The largest absolute Gasteiger partial charge is 1.00 e. The van der Waals surface area contributed by atoms with Crippen LogP contribution in [0.4, 0.5) is 0 Å². The van der Waals surface area contributed by atoms with Crippen molar-refractivity contribution in [1.29, 1.82) is 0 Å². The molecule has 1 aromatic carbocycles. The number of fused-ring (bicyclic) bond motifs is 1. The third kappa shape index (κ3) is 3.85. The van der Waals surface area contributed by atoms with E-state index in [4.69, 9.17) is 0 Å². The van der Waals surface area contributed by atoms with Crippen LogP contribution in [0.1, 0.15) is 0 Å². The SMILES string of the molecule is O=S(=O)([O-])c1ccc(S(=O)(=O)[O-])c2ncccc12.[Li+].[Li+]. The zero-order valence-corrected chi connectivity index (χ0v) is 12.2. The fourth-order valence-electron chi connectivity index (χ4n) is 1.54. The van der Waals surface area contributed by atoms with Crippen LogP contribution in [0.3, 0.4) is 0 Å². The first kappa shape index (κ1) is 19.6. The van der Waals surface area contributed by atoms with Gasteiger partial charge in [0.15, 0.2) is 0 Å². The Morgan fingerprint density at radius 2 is 1.35 bits per heavy atom. The standard InChI is InChI=1S/C9H7NO6S2.2Li/c11-17(12,13)7-3-4-8(18(14,15)16)9-6(7)2-1-5-10-9;;/h1-5H,(H,11,12,13)(H,14,15,16);;/q;2*+1/p-2. The quantitative estimate of drug-likeness (QED) is 0.399. The predicted molar refractivity (Wildman–Crippen MR) is 57.7 cm³/mol. The minimum atomic E-state index is -4.80. The van der Waals surface area contributed by atoms with Crippen LogP contribution in [0.25, 0.3) is 10.9 Å². The summed E-state index contributed by atoms with van der Waals surface area (Å²) < 4.78 is 65.9. The summed E-state index contributed by atoms with van der Waals surface area (Å²) >= 11 is 0. The topological polar surface area (TPSA) is 127 Å². The zero-order valence-electron chi connectivity index (χ0n) is 10.6. The van der Waals surface area contributed by atoms with Gasteiger partial charge < -0.3 is 9.11 Å². The van der Waals surface area contributed by atoms with Crippen LogP contribution in [0.2, 0.25) is 0 Å². The summed E-state index contributed by atoms with van der Waals surface area (Å²) in [5, 5.41) is -0.190. The molecule has 0 spiro atoms. The van der Waals surface area contributed by atoms with E-state index in [1.165, 1.54) is 18.3 Å². The third-order valence-corrected chi connectivity index (χ3v) is 3.99. The van der Waals surface area contributed by atoms with E-state index in [0.717, 1.165) is 12.1 Å². The molecule has 1 aromatic heterocycles. The Morgan fingerprint density at radius 1 is 0.850 bits per heavy atom. The molecular weight excluding hydrogens is 296 g/mol. The van der Waals surface area contributed by atoms with Gasteiger partial charge in [0.2, 0.25) is 0 Å². The molecule has 2 aromatic rings. The maximum Gasteiger partial charge on any atom is 1.00 e. The molecule has 0 radical (unpaired) electrons. The Labute approximate surface area is 139 Å². The molecule has 11 heteroatoms. The van der Waals surface area contributed by atoms with Gasteiger partial charge in [-0.05, 0) is 24.3 Å². The van der Waals surface area contributed by atoms with Crippen molar-refractivity contribution in [3.63, 3.8) is 0 Å². The Kier molecular flexibility index (Phi) is 6.49. The first-order chi connectivity index (χ1) is 8.21. The number of rotatable bonds is 2. The molecule has 0 aliphatic rings. The van der Waals surface area contributed by atoms with Crippen molar-refractivity contribution in [3.8, 4) is 0 Å². The summed E-state index contributed by atoms with van der Waals surface area (Å²) in [4.78, 5) is 2.36. The zero-order chi connectivity index (χ0) is 13.6. The number of aromatic nitrogens is 1. The van der Waals surface area contributed by atoms with Crippen molar-refractivity contribution in [1.82, 2.24) is 4.98 Å². The average molecular weight is 301 g/mol. The fourth-order valence-corrected chi connectivity index (χ4v) is 2.84. The molecule has 2 rings (SSSR count). The molecule has 96 valence electrons. The van der Waals surface area contributed by atoms with Crippen molar-refractivity contribution in [3.05, 3.63) is 30.5 Å². The molecule has 0 amide bonds. The first-order valence-corrected chi connectivity index (χ1v) is 7.32. The van der Waals surface area contributed by atoms with Crippen LogP contribution >= 0.6 is 0 Å². The van der Waals surface area contributed by atoms with E-state index < -0.39 is 30.0 Å². The van der Waals surface area contributed by atoms with E-state index in [1.54, 1.807) is 0 Å². The second-order valence-electron chi connectivity index (χ2n) is 3.37. The summed E-state index contributed by atoms with van der Waals surface area (Å²) in [6.45, 7) is 0. The molecule has 0 bridgehead atoms. The Balaban J connectivity index is 0.00000180. The van der Waals surface area contributed by atoms with Gasteiger partial charge in [0.1, 0.15) is 20.2 Å². The van der Waals surface area contributed by atoms with E-state index in [9.17, 15) is 25.9 Å². The van der Waals surface area contributed by atoms with Crippen molar-refractivity contribution in [2.24, 2.45) is 0 Å². The van der Waals surface area contributed by atoms with Gasteiger partial charge >= 0.3 is 37.7 Å². The molecule has 7 nitrogen and oxygen atoms in total. The summed E-state index contributed by atoms with van der Waals surface area (Å²) in [5.41, 5.74) is -0.329. The van der Waals surface area contributed by atoms with Crippen LogP contribution in [0, 0.1) is 0 Å². The summed E-state index contributed by atoms with van der Waals surface area (Å²) in [7, 11) is -9.58. The molecule has 0 aliphatic carbocycles. The Hall–Kier alpha value is -0.355. The van der Waals surface area contributed by atoms with E-state index in [1.807, 2.05) is 0 Å². The van der Waals surface area contributed by atoms with Gasteiger partial charge in [0.05, 0.1) is 15.3 Å². The van der Waals surface area contributed by atoms with Gasteiger partial charge in [-0.2, -0.15) is 0 Å². The van der Waals surface area contributed by atoms with Gasteiger partial charge in [-0.25, -0.2) is 16.8 Å². The molecule has 20 heavy (non-hydrogen) atoms. The van der Waals surface area contributed by atoms with Gasteiger partial charge in [-0.1, -0.05) is 0 Å². The maximum absolute atomic E-state index is 11.0. The molecule has 0 aliphatic heterocycles. The third-order valence-electron chi connectivity index (χ3n) is 2.23. The first-order valence-electron chi connectivity index (χ1n) is 4.51. The fraction of sp³-hybridized carbons (Fsp3) is 0. The number of nitrogens with zero attached hydrogens (tertiary/aromatic N) is 1.